The topological polar surface area (TPSA) is 65.1 Å². The van der Waals surface area contributed by atoms with Crippen LogP contribution in [0.3, 0.4) is 0 Å². The molecule has 2 fully saturated rings. The van der Waals surface area contributed by atoms with Crippen molar-refractivity contribution >= 4 is 12.0 Å². The molecule has 3 aromatic rings. The zero-order chi connectivity index (χ0) is 26.9. The number of carbonyl (C=O) groups is 2. The van der Waals surface area contributed by atoms with E-state index in [4.69, 9.17) is 14.2 Å². The lowest BCUT2D eigenvalue weighted by Crippen LogP contribution is -2.41. The number of imide groups is 1. The van der Waals surface area contributed by atoms with Crippen molar-refractivity contribution in [1.29, 1.82) is 0 Å². The van der Waals surface area contributed by atoms with E-state index in [0.29, 0.717) is 32.0 Å². The average molecular weight is 528 g/mol. The molecule has 0 spiro atoms. The molecule has 6 nitrogen and oxygen atoms in total. The summed E-state index contributed by atoms with van der Waals surface area (Å²) in [5, 5.41) is 0. The molecule has 1 saturated heterocycles. The number of cyclic esters (lactones) is 1. The van der Waals surface area contributed by atoms with Gasteiger partial charge >= 0.3 is 6.09 Å². The van der Waals surface area contributed by atoms with Crippen molar-refractivity contribution in [3.63, 3.8) is 0 Å². The first kappa shape index (κ1) is 27.1. The van der Waals surface area contributed by atoms with Crippen molar-refractivity contribution in [3.05, 3.63) is 108 Å². The predicted octanol–water partition coefficient (Wildman–Crippen LogP) is 6.33. The maximum atomic E-state index is 13.2. The molecule has 4 atom stereocenters. The molecule has 1 aliphatic carbocycles. The van der Waals surface area contributed by atoms with Gasteiger partial charge in [-0.25, -0.2) is 9.69 Å². The summed E-state index contributed by atoms with van der Waals surface area (Å²) in [5.41, 5.74) is 3.37. The molecule has 5 rings (SSSR count). The van der Waals surface area contributed by atoms with Gasteiger partial charge in [-0.1, -0.05) is 91.0 Å². The average Bonchev–Trinajstić information content (AvgIpc) is 3.35. The second-order valence-electron chi connectivity index (χ2n) is 10.6. The number of hydrogen-bond donors (Lipinski definition) is 0. The molecule has 0 N–H and O–H groups in total. The smallest absolute Gasteiger partial charge is 0.416 e. The van der Waals surface area contributed by atoms with Gasteiger partial charge in [0.05, 0.1) is 31.5 Å². The van der Waals surface area contributed by atoms with Crippen LogP contribution in [0.15, 0.2) is 91.0 Å². The third kappa shape index (κ3) is 7.55. The van der Waals surface area contributed by atoms with E-state index in [-0.39, 0.29) is 30.8 Å². The maximum Gasteiger partial charge on any atom is 0.416 e. The summed E-state index contributed by atoms with van der Waals surface area (Å²) >= 11 is 0. The first-order valence-corrected chi connectivity index (χ1v) is 14.0. The van der Waals surface area contributed by atoms with Gasteiger partial charge in [0.25, 0.3) is 0 Å². The molecule has 1 heterocycles. The maximum absolute atomic E-state index is 13.2. The Bertz CT molecular complexity index is 1190. The summed E-state index contributed by atoms with van der Waals surface area (Å²) in [6.07, 6.45) is 3.76. The second kappa shape index (κ2) is 13.5. The summed E-state index contributed by atoms with van der Waals surface area (Å²) in [7, 11) is 0. The van der Waals surface area contributed by atoms with E-state index >= 15 is 0 Å². The Hall–Kier alpha value is -3.48. The van der Waals surface area contributed by atoms with Crippen molar-refractivity contribution in [2.24, 2.45) is 5.92 Å². The van der Waals surface area contributed by atoms with Gasteiger partial charge in [0.15, 0.2) is 0 Å². The van der Waals surface area contributed by atoms with Crippen molar-refractivity contribution in [2.75, 3.05) is 6.61 Å². The standard InChI is InChI=1S/C33H37NO5/c35-32(34-29(24-39-33(34)36)20-25-10-4-1-5-11-25)19-17-26-16-18-30(37-22-27-12-6-2-7-13-27)31(21-26)38-23-28-14-8-3-9-15-28/h1-15,26,29-31H,16-24H2/t26-,29+,30+,31+/m0/s1. The van der Waals surface area contributed by atoms with Crippen LogP contribution in [0.25, 0.3) is 0 Å². The fourth-order valence-corrected chi connectivity index (χ4v) is 5.62. The Labute approximate surface area is 230 Å². The van der Waals surface area contributed by atoms with Crippen LogP contribution in [-0.4, -0.2) is 41.8 Å². The minimum Gasteiger partial charge on any atom is -0.447 e. The van der Waals surface area contributed by atoms with Gasteiger partial charge in [0, 0.05) is 6.42 Å². The van der Waals surface area contributed by atoms with E-state index in [2.05, 4.69) is 24.3 Å². The Kier molecular flexibility index (Phi) is 9.41. The van der Waals surface area contributed by atoms with Gasteiger partial charge in [-0.15, -0.1) is 0 Å². The summed E-state index contributed by atoms with van der Waals surface area (Å²) in [6, 6.07) is 30.1. The molecule has 2 aliphatic rings. The van der Waals surface area contributed by atoms with Crippen LogP contribution in [0, 0.1) is 5.92 Å². The first-order valence-electron chi connectivity index (χ1n) is 14.0. The molecule has 1 aliphatic heterocycles. The van der Waals surface area contributed by atoms with E-state index < -0.39 is 6.09 Å². The highest BCUT2D eigenvalue weighted by molar-refractivity contribution is 5.93. The highest BCUT2D eigenvalue weighted by Gasteiger charge is 2.38. The Balaban J connectivity index is 1.17. The summed E-state index contributed by atoms with van der Waals surface area (Å²) in [4.78, 5) is 26.9. The zero-order valence-corrected chi connectivity index (χ0v) is 22.3. The van der Waals surface area contributed by atoms with Crippen molar-refractivity contribution in [3.8, 4) is 0 Å². The van der Waals surface area contributed by atoms with Gasteiger partial charge < -0.3 is 14.2 Å². The molecule has 0 unspecified atom stereocenters. The van der Waals surface area contributed by atoms with E-state index in [9.17, 15) is 9.59 Å². The van der Waals surface area contributed by atoms with Gasteiger partial charge in [-0.05, 0) is 54.7 Å². The third-order valence-electron chi connectivity index (χ3n) is 7.76. The molecule has 1 saturated carbocycles. The minimum absolute atomic E-state index is 0.00434. The lowest BCUT2D eigenvalue weighted by molar-refractivity contribution is -0.130. The highest BCUT2D eigenvalue weighted by Crippen LogP contribution is 2.33. The van der Waals surface area contributed by atoms with Crippen molar-refractivity contribution < 1.29 is 23.8 Å². The number of ether oxygens (including phenoxy) is 3. The fraction of sp³-hybridized carbons (Fsp3) is 0.394. The Morgan fingerprint density at radius 3 is 1.95 bits per heavy atom. The van der Waals surface area contributed by atoms with Crippen molar-refractivity contribution in [2.45, 2.75) is 70.0 Å². The van der Waals surface area contributed by atoms with Crippen LogP contribution < -0.4 is 0 Å². The lowest BCUT2D eigenvalue weighted by Gasteiger charge is -2.36. The summed E-state index contributed by atoms with van der Waals surface area (Å²) in [5.74, 6) is 0.181. The van der Waals surface area contributed by atoms with E-state index in [1.807, 2.05) is 66.7 Å². The highest BCUT2D eigenvalue weighted by atomic mass is 16.6. The normalized spacial score (nSPS) is 23.0. The van der Waals surface area contributed by atoms with Crippen LogP contribution in [0.4, 0.5) is 4.79 Å². The summed E-state index contributed by atoms with van der Waals surface area (Å²) in [6.45, 7) is 1.33. The second-order valence-corrected chi connectivity index (χ2v) is 10.6. The SMILES string of the molecule is O=C(CC[C@@H]1CC[C@@H](OCc2ccccc2)[C@H](OCc2ccccc2)C1)N1C(=O)OC[C@H]1Cc1ccccc1. The molecule has 6 heteroatoms. The van der Waals surface area contributed by atoms with Crippen LogP contribution in [-0.2, 0) is 38.6 Å². The largest absolute Gasteiger partial charge is 0.447 e. The van der Waals surface area contributed by atoms with E-state index in [0.717, 1.165) is 42.4 Å². The summed E-state index contributed by atoms with van der Waals surface area (Å²) < 4.78 is 18.0. The molecule has 3 aromatic carbocycles. The monoisotopic (exact) mass is 527 g/mol. The Morgan fingerprint density at radius 2 is 1.33 bits per heavy atom. The molecular formula is C33H37NO5. The molecule has 39 heavy (non-hydrogen) atoms. The predicted molar refractivity (Wildman–Crippen MR) is 149 cm³/mol. The van der Waals surface area contributed by atoms with Gasteiger partial charge in [0.2, 0.25) is 5.91 Å². The zero-order valence-electron chi connectivity index (χ0n) is 22.3. The molecule has 204 valence electrons. The number of rotatable bonds is 11. The quantitative estimate of drug-likeness (QED) is 0.292. The number of nitrogens with zero attached hydrogens (tertiary/aromatic N) is 1. The van der Waals surface area contributed by atoms with Crippen LogP contribution in [0.5, 0.6) is 0 Å². The van der Waals surface area contributed by atoms with Gasteiger partial charge in [-0.3, -0.25) is 4.79 Å². The molecule has 0 bridgehead atoms. The van der Waals surface area contributed by atoms with Crippen LogP contribution >= 0.6 is 0 Å². The number of hydrogen-bond acceptors (Lipinski definition) is 5. The minimum atomic E-state index is -0.525. The van der Waals surface area contributed by atoms with Crippen molar-refractivity contribution in [1.82, 2.24) is 4.90 Å². The van der Waals surface area contributed by atoms with Gasteiger partial charge in [-0.2, -0.15) is 0 Å². The third-order valence-corrected chi connectivity index (χ3v) is 7.76. The lowest BCUT2D eigenvalue weighted by atomic mass is 9.82. The van der Waals surface area contributed by atoms with E-state index in [1.54, 1.807) is 0 Å². The number of carbonyl (C=O) groups excluding carboxylic acids is 2. The van der Waals surface area contributed by atoms with Gasteiger partial charge in [0.1, 0.15) is 6.61 Å². The first-order chi connectivity index (χ1) is 19.2. The van der Waals surface area contributed by atoms with Crippen LogP contribution in [0.1, 0.15) is 48.8 Å². The molecular weight excluding hydrogens is 490 g/mol. The van der Waals surface area contributed by atoms with E-state index in [1.165, 1.54) is 4.90 Å². The molecule has 2 amide bonds. The Morgan fingerprint density at radius 1 is 0.769 bits per heavy atom. The van der Waals surface area contributed by atoms with Crippen LogP contribution in [0.2, 0.25) is 0 Å². The fourth-order valence-electron chi connectivity index (χ4n) is 5.62. The number of benzene rings is 3. The number of amides is 2. The molecule has 0 radical (unpaired) electrons. The molecule has 0 aromatic heterocycles.